The number of carbonyl (C=O) groups is 1. The van der Waals surface area contributed by atoms with Crippen LogP contribution in [0, 0.1) is 0 Å². The van der Waals surface area contributed by atoms with Gasteiger partial charge in [-0.05, 0) is 37.6 Å². The third-order valence-corrected chi connectivity index (χ3v) is 3.86. The first-order valence-electron chi connectivity index (χ1n) is 6.08. The molecule has 0 saturated carbocycles. The van der Waals surface area contributed by atoms with Gasteiger partial charge in [0.1, 0.15) is 0 Å². The molecule has 0 aliphatic rings. The van der Waals surface area contributed by atoms with Crippen molar-refractivity contribution >= 4 is 33.4 Å². The number of hydrogen-bond donors (Lipinski definition) is 1. The van der Waals surface area contributed by atoms with Gasteiger partial charge in [-0.25, -0.2) is 0 Å². The second-order valence-corrected chi connectivity index (χ2v) is 6.26. The molecule has 0 spiro atoms. The van der Waals surface area contributed by atoms with E-state index in [1.54, 1.807) is 12.3 Å². The second kappa shape index (κ2) is 5.94. The molecule has 1 aromatic heterocycles. The molecule has 0 aliphatic carbocycles. The third kappa shape index (κ3) is 3.38. The predicted octanol–water partition coefficient (Wildman–Crippen LogP) is 4.16. The molecule has 0 unspecified atom stereocenters. The van der Waals surface area contributed by atoms with Gasteiger partial charge in [0.15, 0.2) is 0 Å². The van der Waals surface area contributed by atoms with E-state index in [1.165, 1.54) is 6.20 Å². The second-order valence-electron chi connectivity index (χ2n) is 4.94. The Bertz CT molecular complexity index is 626. The lowest BCUT2D eigenvalue weighted by Crippen LogP contribution is -2.41. The Morgan fingerprint density at radius 1 is 1.25 bits per heavy atom. The Morgan fingerprint density at radius 2 is 1.90 bits per heavy atom. The molecule has 0 atom stereocenters. The van der Waals surface area contributed by atoms with Gasteiger partial charge in [0, 0.05) is 16.9 Å². The zero-order chi connectivity index (χ0) is 14.8. The van der Waals surface area contributed by atoms with E-state index < -0.39 is 5.54 Å². The van der Waals surface area contributed by atoms with Crippen molar-refractivity contribution in [3.8, 4) is 0 Å². The van der Waals surface area contributed by atoms with E-state index in [0.717, 1.165) is 10.0 Å². The summed E-state index contributed by atoms with van der Waals surface area (Å²) in [5, 5.41) is 3.36. The first-order valence-corrected chi connectivity index (χ1v) is 7.25. The first-order chi connectivity index (χ1) is 9.40. The van der Waals surface area contributed by atoms with E-state index in [1.807, 2.05) is 38.1 Å². The molecule has 1 amide bonds. The molecule has 3 nitrogen and oxygen atoms in total. The molecule has 20 heavy (non-hydrogen) atoms. The average Bonchev–Trinajstić information content (AvgIpc) is 2.39. The smallest absolute Gasteiger partial charge is 0.255 e. The van der Waals surface area contributed by atoms with E-state index in [4.69, 9.17) is 11.6 Å². The van der Waals surface area contributed by atoms with Crippen molar-refractivity contribution in [1.29, 1.82) is 0 Å². The summed E-state index contributed by atoms with van der Waals surface area (Å²) in [4.78, 5) is 16.2. The molecule has 0 fully saturated rings. The fourth-order valence-corrected chi connectivity index (χ4v) is 2.29. The molecular formula is C15H14BrClN2O. The molecule has 5 heteroatoms. The van der Waals surface area contributed by atoms with Crippen molar-refractivity contribution < 1.29 is 4.79 Å². The summed E-state index contributed by atoms with van der Waals surface area (Å²) in [6.45, 7) is 3.89. The van der Waals surface area contributed by atoms with Crippen molar-refractivity contribution in [2.75, 3.05) is 0 Å². The maximum atomic E-state index is 12.3. The number of nitrogens with one attached hydrogen (secondary N) is 1. The minimum atomic E-state index is -0.503. The van der Waals surface area contributed by atoms with E-state index in [-0.39, 0.29) is 5.91 Å². The van der Waals surface area contributed by atoms with Gasteiger partial charge < -0.3 is 5.32 Å². The Hall–Kier alpha value is -1.39. The first kappa shape index (κ1) is 15.0. The average molecular weight is 354 g/mol. The number of nitrogens with zero attached hydrogens (tertiary/aromatic N) is 1. The number of rotatable bonds is 3. The quantitative estimate of drug-likeness (QED) is 0.900. The van der Waals surface area contributed by atoms with Gasteiger partial charge in [-0.1, -0.05) is 39.7 Å². The lowest BCUT2D eigenvalue weighted by molar-refractivity contribution is 0.0912. The standard InChI is InChI=1S/C15H14BrClN2O/c1-15(2,10-3-5-11(16)6-4-10)19-14(20)12-9-18-8-7-13(12)17/h3-9H,1-2H3,(H,19,20). The largest absolute Gasteiger partial charge is 0.343 e. The van der Waals surface area contributed by atoms with Crippen molar-refractivity contribution in [2.24, 2.45) is 0 Å². The molecule has 104 valence electrons. The Labute approximate surface area is 131 Å². The molecular weight excluding hydrogens is 340 g/mol. The van der Waals surface area contributed by atoms with Gasteiger partial charge in [-0.3, -0.25) is 9.78 Å². The summed E-state index contributed by atoms with van der Waals surface area (Å²) < 4.78 is 0.999. The SMILES string of the molecule is CC(C)(NC(=O)c1cnccc1Cl)c1ccc(Br)cc1. The van der Waals surface area contributed by atoms with Crippen molar-refractivity contribution in [3.63, 3.8) is 0 Å². The lowest BCUT2D eigenvalue weighted by Gasteiger charge is -2.27. The highest BCUT2D eigenvalue weighted by Crippen LogP contribution is 2.23. The van der Waals surface area contributed by atoms with E-state index in [2.05, 4.69) is 26.2 Å². The molecule has 1 N–H and O–H groups in total. The zero-order valence-corrected chi connectivity index (χ0v) is 13.5. The molecule has 1 heterocycles. The van der Waals surface area contributed by atoms with Crippen LogP contribution in [0.3, 0.4) is 0 Å². The maximum absolute atomic E-state index is 12.3. The number of aromatic nitrogens is 1. The van der Waals surface area contributed by atoms with Crippen LogP contribution < -0.4 is 5.32 Å². The summed E-state index contributed by atoms with van der Waals surface area (Å²) in [6.07, 6.45) is 3.02. The molecule has 1 aromatic carbocycles. The molecule has 0 aliphatic heterocycles. The van der Waals surface area contributed by atoms with Gasteiger partial charge in [-0.15, -0.1) is 0 Å². The Kier molecular flexibility index (Phi) is 4.45. The number of benzene rings is 1. The van der Waals surface area contributed by atoms with Crippen LogP contribution in [0.1, 0.15) is 29.8 Å². The van der Waals surface area contributed by atoms with Gasteiger partial charge >= 0.3 is 0 Å². The topological polar surface area (TPSA) is 42.0 Å². The van der Waals surface area contributed by atoms with E-state index in [9.17, 15) is 4.79 Å². The fraction of sp³-hybridized carbons (Fsp3) is 0.200. The van der Waals surface area contributed by atoms with Crippen LogP contribution in [0.15, 0.2) is 47.2 Å². The highest BCUT2D eigenvalue weighted by atomic mass is 79.9. The van der Waals surface area contributed by atoms with Crippen molar-refractivity contribution in [2.45, 2.75) is 19.4 Å². The highest BCUT2D eigenvalue weighted by Gasteiger charge is 2.24. The molecule has 0 radical (unpaired) electrons. The van der Waals surface area contributed by atoms with Crippen LogP contribution in [0.25, 0.3) is 0 Å². The number of carbonyl (C=O) groups excluding carboxylic acids is 1. The van der Waals surface area contributed by atoms with Gasteiger partial charge in [0.2, 0.25) is 0 Å². The normalized spacial score (nSPS) is 11.2. The monoisotopic (exact) mass is 352 g/mol. The van der Waals surface area contributed by atoms with Crippen LogP contribution >= 0.6 is 27.5 Å². The summed E-state index contributed by atoms with van der Waals surface area (Å²) in [7, 11) is 0. The summed E-state index contributed by atoms with van der Waals surface area (Å²) in [5.74, 6) is -0.240. The minimum absolute atomic E-state index is 0.240. The van der Waals surface area contributed by atoms with Gasteiger partial charge in [0.05, 0.1) is 16.1 Å². The molecule has 0 saturated heterocycles. The van der Waals surface area contributed by atoms with Crippen LogP contribution in [-0.2, 0) is 5.54 Å². The van der Waals surface area contributed by atoms with Crippen LogP contribution in [-0.4, -0.2) is 10.9 Å². The van der Waals surface area contributed by atoms with Crippen molar-refractivity contribution in [3.05, 3.63) is 63.3 Å². The van der Waals surface area contributed by atoms with Crippen LogP contribution in [0.4, 0.5) is 0 Å². The number of hydrogen-bond acceptors (Lipinski definition) is 2. The van der Waals surface area contributed by atoms with Crippen LogP contribution in [0.2, 0.25) is 5.02 Å². The molecule has 2 aromatic rings. The Morgan fingerprint density at radius 3 is 2.50 bits per heavy atom. The molecule has 2 rings (SSSR count). The van der Waals surface area contributed by atoms with E-state index >= 15 is 0 Å². The van der Waals surface area contributed by atoms with Crippen molar-refractivity contribution in [1.82, 2.24) is 10.3 Å². The summed E-state index contributed by atoms with van der Waals surface area (Å²) >= 11 is 9.40. The molecule has 0 bridgehead atoms. The summed E-state index contributed by atoms with van der Waals surface area (Å²) in [5.41, 5.74) is 0.880. The predicted molar refractivity (Wildman–Crippen MR) is 83.9 cm³/mol. The summed E-state index contributed by atoms with van der Waals surface area (Å²) in [6, 6.07) is 9.42. The minimum Gasteiger partial charge on any atom is -0.343 e. The number of pyridine rings is 1. The maximum Gasteiger partial charge on any atom is 0.255 e. The zero-order valence-electron chi connectivity index (χ0n) is 11.2. The highest BCUT2D eigenvalue weighted by molar-refractivity contribution is 9.10. The lowest BCUT2D eigenvalue weighted by atomic mass is 9.94. The number of halogens is 2. The fourth-order valence-electron chi connectivity index (χ4n) is 1.83. The van der Waals surface area contributed by atoms with Gasteiger partial charge in [0.25, 0.3) is 5.91 Å². The Balaban J connectivity index is 2.22. The number of amides is 1. The van der Waals surface area contributed by atoms with Gasteiger partial charge in [-0.2, -0.15) is 0 Å². The third-order valence-electron chi connectivity index (χ3n) is 3.00. The van der Waals surface area contributed by atoms with E-state index in [0.29, 0.717) is 10.6 Å². The van der Waals surface area contributed by atoms with Crippen LogP contribution in [0.5, 0.6) is 0 Å².